The topological polar surface area (TPSA) is 62.8 Å². The van der Waals surface area contributed by atoms with E-state index in [0.717, 1.165) is 37.3 Å². The number of anilines is 2. The van der Waals surface area contributed by atoms with Crippen LogP contribution in [-0.2, 0) is 0 Å². The Labute approximate surface area is 174 Å². The number of hydrogen-bond donors (Lipinski definition) is 2. The molecule has 1 aliphatic heterocycles. The maximum atomic E-state index is 12.6. The molecule has 1 aliphatic rings. The van der Waals surface area contributed by atoms with E-state index in [1.165, 1.54) is 14.2 Å². The second-order valence-corrected chi connectivity index (χ2v) is 7.16. The summed E-state index contributed by atoms with van der Waals surface area (Å²) in [5.74, 6) is 0.684. The highest BCUT2D eigenvalue weighted by Crippen LogP contribution is 2.35. The van der Waals surface area contributed by atoms with Gasteiger partial charge in [-0.3, -0.25) is 10.1 Å². The minimum atomic E-state index is -0.362. The van der Waals surface area contributed by atoms with Gasteiger partial charge >= 0.3 is 0 Å². The van der Waals surface area contributed by atoms with Gasteiger partial charge in [0.25, 0.3) is 5.91 Å². The van der Waals surface area contributed by atoms with E-state index in [4.69, 9.17) is 33.3 Å². The van der Waals surface area contributed by atoms with Crippen LogP contribution in [0.15, 0.2) is 36.4 Å². The summed E-state index contributed by atoms with van der Waals surface area (Å²) < 4.78 is 10.4. The number of benzene rings is 2. The lowest BCUT2D eigenvalue weighted by molar-refractivity contribution is 0.0977. The van der Waals surface area contributed by atoms with Crippen LogP contribution >= 0.6 is 23.8 Å². The summed E-state index contributed by atoms with van der Waals surface area (Å²) in [5.41, 5.74) is 2.05. The van der Waals surface area contributed by atoms with Crippen molar-refractivity contribution >= 4 is 46.2 Å². The summed E-state index contributed by atoms with van der Waals surface area (Å²) in [5, 5.41) is 6.63. The molecule has 6 nitrogen and oxygen atoms in total. The summed E-state index contributed by atoms with van der Waals surface area (Å²) in [4.78, 5) is 14.8. The lowest BCUT2D eigenvalue weighted by Gasteiger charge is -2.23. The van der Waals surface area contributed by atoms with Gasteiger partial charge in [-0.25, -0.2) is 0 Å². The molecule has 1 amide bonds. The zero-order chi connectivity index (χ0) is 20.1. The Hall–Kier alpha value is -2.51. The first-order valence-corrected chi connectivity index (χ1v) is 9.69. The molecule has 0 bridgehead atoms. The predicted octanol–water partition coefficient (Wildman–Crippen LogP) is 4.08. The molecule has 1 heterocycles. The molecule has 0 spiro atoms. The molecular weight excluding hydrogens is 398 g/mol. The third kappa shape index (κ3) is 4.66. The second-order valence-electron chi connectivity index (χ2n) is 6.34. The summed E-state index contributed by atoms with van der Waals surface area (Å²) in [6.07, 6.45) is 2.26. The highest BCUT2D eigenvalue weighted by atomic mass is 35.5. The monoisotopic (exact) mass is 419 g/mol. The van der Waals surface area contributed by atoms with E-state index in [2.05, 4.69) is 15.5 Å². The minimum Gasteiger partial charge on any atom is -0.497 e. The number of hydrogen-bond acceptors (Lipinski definition) is 5. The Morgan fingerprint density at radius 2 is 1.75 bits per heavy atom. The largest absolute Gasteiger partial charge is 0.497 e. The van der Waals surface area contributed by atoms with Crippen LogP contribution in [0.3, 0.4) is 0 Å². The maximum absolute atomic E-state index is 12.6. The van der Waals surface area contributed by atoms with Crippen molar-refractivity contribution in [3.05, 3.63) is 47.0 Å². The Bertz CT molecular complexity index is 863. The first-order valence-electron chi connectivity index (χ1n) is 8.90. The van der Waals surface area contributed by atoms with Crippen LogP contribution in [0.5, 0.6) is 11.5 Å². The summed E-state index contributed by atoms with van der Waals surface area (Å²) in [6, 6.07) is 10.5. The van der Waals surface area contributed by atoms with Crippen LogP contribution in [0, 0.1) is 0 Å². The van der Waals surface area contributed by atoms with E-state index in [1.54, 1.807) is 18.2 Å². The van der Waals surface area contributed by atoms with Gasteiger partial charge < -0.3 is 19.7 Å². The van der Waals surface area contributed by atoms with Gasteiger partial charge in [0.1, 0.15) is 11.5 Å². The SMILES string of the molecule is COc1cc(OC)cc(C(=O)NC(=S)Nc2cccc(Cl)c2N2CCCC2)c1. The molecule has 2 aromatic carbocycles. The molecule has 0 aliphatic carbocycles. The number of rotatable bonds is 5. The smallest absolute Gasteiger partial charge is 0.257 e. The van der Waals surface area contributed by atoms with E-state index in [1.807, 2.05) is 18.2 Å². The first-order chi connectivity index (χ1) is 13.5. The third-order valence-corrected chi connectivity index (χ3v) is 5.01. The standard InChI is InChI=1S/C20H22ClN3O3S/c1-26-14-10-13(11-15(12-14)27-2)19(25)23-20(28)22-17-7-5-6-16(21)18(17)24-8-3-4-9-24/h5-7,10-12H,3-4,8-9H2,1-2H3,(H2,22,23,25,28). The fourth-order valence-electron chi connectivity index (χ4n) is 3.15. The minimum absolute atomic E-state index is 0.189. The molecule has 0 radical (unpaired) electrons. The number of para-hydroxylation sites is 1. The molecule has 28 heavy (non-hydrogen) atoms. The lowest BCUT2D eigenvalue weighted by atomic mass is 10.2. The van der Waals surface area contributed by atoms with Gasteiger partial charge in [-0.2, -0.15) is 0 Å². The van der Waals surface area contributed by atoms with Gasteiger partial charge in [0.2, 0.25) is 0 Å². The van der Waals surface area contributed by atoms with Crippen LogP contribution in [0.1, 0.15) is 23.2 Å². The van der Waals surface area contributed by atoms with E-state index >= 15 is 0 Å². The molecule has 2 N–H and O–H groups in total. The quantitative estimate of drug-likeness (QED) is 0.712. The third-order valence-electron chi connectivity index (χ3n) is 4.50. The summed E-state index contributed by atoms with van der Waals surface area (Å²) in [6.45, 7) is 1.89. The lowest BCUT2D eigenvalue weighted by Crippen LogP contribution is -2.34. The number of carbonyl (C=O) groups excluding carboxylic acids is 1. The number of halogens is 1. The number of thiocarbonyl (C=S) groups is 1. The zero-order valence-electron chi connectivity index (χ0n) is 15.8. The van der Waals surface area contributed by atoms with Crippen LogP contribution in [0.4, 0.5) is 11.4 Å². The summed E-state index contributed by atoms with van der Waals surface area (Å²) >= 11 is 11.8. The molecule has 148 valence electrons. The maximum Gasteiger partial charge on any atom is 0.257 e. The van der Waals surface area contributed by atoms with E-state index < -0.39 is 0 Å². The number of nitrogens with zero attached hydrogens (tertiary/aromatic N) is 1. The number of amides is 1. The number of nitrogens with one attached hydrogen (secondary N) is 2. The van der Waals surface area contributed by atoms with Crippen molar-refractivity contribution in [2.45, 2.75) is 12.8 Å². The van der Waals surface area contributed by atoms with Crippen molar-refractivity contribution in [1.82, 2.24) is 5.32 Å². The number of methoxy groups -OCH3 is 2. The molecule has 0 unspecified atom stereocenters. The Balaban J connectivity index is 1.74. The highest BCUT2D eigenvalue weighted by Gasteiger charge is 2.20. The van der Waals surface area contributed by atoms with Gasteiger partial charge in [-0.15, -0.1) is 0 Å². The Kier molecular flexibility index (Phi) is 6.59. The highest BCUT2D eigenvalue weighted by molar-refractivity contribution is 7.80. The Morgan fingerprint density at radius 3 is 2.36 bits per heavy atom. The van der Waals surface area contributed by atoms with Gasteiger partial charge in [0, 0.05) is 24.7 Å². The molecule has 3 rings (SSSR count). The van der Waals surface area contributed by atoms with Gasteiger partial charge in [0.15, 0.2) is 5.11 Å². The Morgan fingerprint density at radius 1 is 1.11 bits per heavy atom. The van der Waals surface area contributed by atoms with Crippen LogP contribution in [-0.4, -0.2) is 38.3 Å². The van der Waals surface area contributed by atoms with Crippen LogP contribution in [0.2, 0.25) is 5.02 Å². The van der Waals surface area contributed by atoms with Crippen LogP contribution < -0.4 is 25.0 Å². The number of carbonyl (C=O) groups is 1. The van der Waals surface area contributed by atoms with Gasteiger partial charge in [-0.05, 0) is 49.3 Å². The van der Waals surface area contributed by atoms with E-state index in [9.17, 15) is 4.79 Å². The fourth-order valence-corrected chi connectivity index (χ4v) is 3.64. The fraction of sp³-hybridized carbons (Fsp3) is 0.300. The van der Waals surface area contributed by atoms with Crippen molar-refractivity contribution in [2.75, 3.05) is 37.5 Å². The second kappa shape index (κ2) is 9.12. The zero-order valence-corrected chi connectivity index (χ0v) is 17.3. The molecule has 8 heteroatoms. The molecule has 0 saturated carbocycles. The summed E-state index contributed by atoms with van der Waals surface area (Å²) in [7, 11) is 3.06. The molecule has 2 aromatic rings. The normalized spacial score (nSPS) is 13.2. The molecule has 1 fully saturated rings. The van der Waals surface area contributed by atoms with Gasteiger partial charge in [-0.1, -0.05) is 17.7 Å². The number of ether oxygens (including phenoxy) is 2. The predicted molar refractivity (Wildman–Crippen MR) is 116 cm³/mol. The van der Waals surface area contributed by atoms with Crippen molar-refractivity contribution in [3.63, 3.8) is 0 Å². The van der Waals surface area contributed by atoms with E-state index in [-0.39, 0.29) is 11.0 Å². The molecular formula is C20H22ClN3O3S. The first kappa shape index (κ1) is 20.2. The van der Waals surface area contributed by atoms with Gasteiger partial charge in [0.05, 0.1) is 30.6 Å². The molecule has 0 atom stereocenters. The molecule has 1 saturated heterocycles. The van der Waals surface area contributed by atoms with E-state index in [0.29, 0.717) is 22.1 Å². The van der Waals surface area contributed by atoms with Crippen LogP contribution in [0.25, 0.3) is 0 Å². The molecule has 0 aromatic heterocycles. The van der Waals surface area contributed by atoms with Crippen molar-refractivity contribution in [1.29, 1.82) is 0 Å². The van der Waals surface area contributed by atoms with Crippen molar-refractivity contribution in [3.8, 4) is 11.5 Å². The van der Waals surface area contributed by atoms with Crippen molar-refractivity contribution in [2.24, 2.45) is 0 Å². The average Bonchev–Trinajstić information content (AvgIpc) is 3.21. The average molecular weight is 420 g/mol. The van der Waals surface area contributed by atoms with Crippen molar-refractivity contribution < 1.29 is 14.3 Å².